The molecule has 0 spiro atoms. The van der Waals surface area contributed by atoms with Crippen LogP contribution in [-0.4, -0.2) is 38.1 Å². The molecule has 0 aromatic heterocycles. The van der Waals surface area contributed by atoms with Crippen LogP contribution in [-0.2, 0) is 10.0 Å². The molecule has 8 heteroatoms. The first-order valence-corrected chi connectivity index (χ1v) is 8.15. The fraction of sp³-hybridized carbons (Fsp3) is 0.462. The van der Waals surface area contributed by atoms with E-state index in [0.717, 1.165) is 0 Å². The Morgan fingerprint density at radius 3 is 2.48 bits per heavy atom. The third-order valence-corrected chi connectivity index (χ3v) is 4.56. The lowest BCUT2D eigenvalue weighted by molar-refractivity contribution is 0.0944. The number of nitrogens with one attached hydrogen (secondary N) is 2. The summed E-state index contributed by atoms with van der Waals surface area (Å²) in [7, 11) is -3.84. The van der Waals surface area contributed by atoms with Crippen molar-refractivity contribution in [2.24, 2.45) is 0 Å². The fourth-order valence-corrected chi connectivity index (χ4v) is 3.53. The van der Waals surface area contributed by atoms with E-state index in [1.165, 1.54) is 18.2 Å². The number of aliphatic hydroxyl groups excluding tert-OH is 1. The first kappa shape index (κ1) is 17.9. The van der Waals surface area contributed by atoms with Gasteiger partial charge >= 0.3 is 0 Å². The summed E-state index contributed by atoms with van der Waals surface area (Å²) in [5.74, 6) is -0.479. The Hall–Kier alpha value is -1.15. The molecular weight excluding hydrogens is 316 g/mol. The molecule has 0 aliphatic carbocycles. The van der Waals surface area contributed by atoms with Crippen LogP contribution < -0.4 is 10.0 Å². The Labute approximate surface area is 129 Å². The van der Waals surface area contributed by atoms with Crippen LogP contribution in [0.4, 0.5) is 0 Å². The summed E-state index contributed by atoms with van der Waals surface area (Å²) >= 11 is 5.93. The Morgan fingerprint density at radius 1 is 1.33 bits per heavy atom. The maximum absolute atomic E-state index is 12.3. The lowest BCUT2D eigenvalue weighted by Gasteiger charge is -2.21. The molecule has 0 heterocycles. The molecule has 1 aromatic carbocycles. The topological polar surface area (TPSA) is 95.5 Å². The number of hydrogen-bond donors (Lipinski definition) is 3. The van der Waals surface area contributed by atoms with Crippen LogP contribution in [0.3, 0.4) is 0 Å². The minimum Gasteiger partial charge on any atom is -0.395 e. The second-order valence-corrected chi connectivity index (χ2v) is 7.54. The quantitative estimate of drug-likeness (QED) is 0.752. The number of halogens is 1. The van der Waals surface area contributed by atoms with Gasteiger partial charge in [0.1, 0.15) is 4.90 Å². The number of hydrogen-bond acceptors (Lipinski definition) is 4. The van der Waals surface area contributed by atoms with Crippen molar-refractivity contribution in [2.75, 3.05) is 13.2 Å². The number of carbonyl (C=O) groups is 1. The number of benzene rings is 1. The zero-order valence-corrected chi connectivity index (χ0v) is 13.7. The summed E-state index contributed by atoms with van der Waals surface area (Å²) in [4.78, 5) is 11.6. The summed E-state index contributed by atoms with van der Waals surface area (Å²) in [5, 5.41) is 11.2. The van der Waals surface area contributed by atoms with Crippen LogP contribution in [0.5, 0.6) is 0 Å². The molecule has 0 radical (unpaired) electrons. The molecule has 0 fully saturated rings. The van der Waals surface area contributed by atoms with Gasteiger partial charge in [0.25, 0.3) is 5.91 Å². The van der Waals surface area contributed by atoms with E-state index in [1.807, 2.05) is 0 Å². The zero-order valence-electron chi connectivity index (χ0n) is 12.1. The highest BCUT2D eigenvalue weighted by Crippen LogP contribution is 2.24. The van der Waals surface area contributed by atoms with Crippen LogP contribution in [0.2, 0.25) is 5.02 Å². The number of amides is 1. The van der Waals surface area contributed by atoms with Gasteiger partial charge < -0.3 is 10.4 Å². The largest absolute Gasteiger partial charge is 0.395 e. The van der Waals surface area contributed by atoms with Gasteiger partial charge in [0, 0.05) is 17.6 Å². The lowest BCUT2D eigenvalue weighted by Crippen LogP contribution is -2.40. The Balaban J connectivity index is 3.16. The van der Waals surface area contributed by atoms with Crippen molar-refractivity contribution in [1.82, 2.24) is 10.0 Å². The molecule has 118 valence electrons. The normalized spacial score (nSPS) is 12.2. The first-order valence-electron chi connectivity index (χ1n) is 6.29. The Bertz CT molecular complexity index is 624. The molecular formula is C13H19ClN2O4S. The van der Waals surface area contributed by atoms with E-state index in [2.05, 4.69) is 10.0 Å². The molecule has 0 saturated carbocycles. The van der Waals surface area contributed by atoms with Gasteiger partial charge in [-0.05, 0) is 39.0 Å². The van der Waals surface area contributed by atoms with Crippen molar-refractivity contribution < 1.29 is 18.3 Å². The van der Waals surface area contributed by atoms with Gasteiger partial charge in [-0.15, -0.1) is 0 Å². The number of aliphatic hydroxyl groups is 1. The maximum Gasteiger partial charge on any atom is 0.251 e. The average molecular weight is 335 g/mol. The molecule has 0 aliphatic heterocycles. The molecule has 6 nitrogen and oxygen atoms in total. The van der Waals surface area contributed by atoms with Crippen LogP contribution in [0, 0.1) is 0 Å². The molecule has 0 aliphatic rings. The van der Waals surface area contributed by atoms with Gasteiger partial charge in [-0.1, -0.05) is 11.6 Å². The summed E-state index contributed by atoms with van der Waals surface area (Å²) in [6.45, 7) is 5.00. The summed E-state index contributed by atoms with van der Waals surface area (Å²) in [5.41, 5.74) is -0.515. The number of sulfonamides is 1. The minimum atomic E-state index is -3.84. The van der Waals surface area contributed by atoms with Gasteiger partial charge in [-0.3, -0.25) is 4.79 Å². The van der Waals surface area contributed by atoms with E-state index in [1.54, 1.807) is 20.8 Å². The smallest absolute Gasteiger partial charge is 0.251 e. The minimum absolute atomic E-state index is 0.0328. The van der Waals surface area contributed by atoms with Crippen LogP contribution in [0.1, 0.15) is 31.1 Å². The molecule has 21 heavy (non-hydrogen) atoms. The SMILES string of the molecule is CC(C)(C)NS(=O)(=O)c1cc(C(=O)NCCO)ccc1Cl. The van der Waals surface area contributed by atoms with Crippen molar-refractivity contribution in [1.29, 1.82) is 0 Å². The highest BCUT2D eigenvalue weighted by atomic mass is 35.5. The number of rotatable bonds is 5. The van der Waals surface area contributed by atoms with Gasteiger partial charge in [-0.25, -0.2) is 13.1 Å². The molecule has 1 amide bonds. The summed E-state index contributed by atoms with van der Waals surface area (Å²) in [6.07, 6.45) is 0. The molecule has 0 saturated heterocycles. The highest BCUT2D eigenvalue weighted by Gasteiger charge is 2.25. The van der Waals surface area contributed by atoms with Crippen LogP contribution >= 0.6 is 11.6 Å². The summed E-state index contributed by atoms with van der Waals surface area (Å²) in [6, 6.07) is 3.99. The van der Waals surface area contributed by atoms with Crippen molar-refractivity contribution >= 4 is 27.5 Å². The second-order valence-electron chi connectivity index (χ2n) is 5.48. The summed E-state index contributed by atoms with van der Waals surface area (Å²) < 4.78 is 27.1. The molecule has 0 unspecified atom stereocenters. The standard InChI is InChI=1S/C13H19ClN2O4S/c1-13(2,3)16-21(19,20)11-8-9(4-5-10(11)14)12(18)15-6-7-17/h4-5,8,16-17H,6-7H2,1-3H3,(H,15,18). The maximum atomic E-state index is 12.3. The molecule has 0 atom stereocenters. The zero-order chi connectivity index (χ0) is 16.3. The Morgan fingerprint density at radius 2 is 1.95 bits per heavy atom. The third kappa shape index (κ3) is 5.28. The predicted molar refractivity (Wildman–Crippen MR) is 80.9 cm³/mol. The van der Waals surface area contributed by atoms with Crippen LogP contribution in [0.15, 0.2) is 23.1 Å². The van der Waals surface area contributed by atoms with E-state index in [-0.39, 0.29) is 28.6 Å². The fourth-order valence-electron chi connectivity index (χ4n) is 1.58. The predicted octanol–water partition coefficient (Wildman–Crippen LogP) is 1.14. The molecule has 3 N–H and O–H groups in total. The lowest BCUT2D eigenvalue weighted by atomic mass is 10.1. The van der Waals surface area contributed by atoms with Crippen LogP contribution in [0.25, 0.3) is 0 Å². The second kappa shape index (κ2) is 6.74. The van der Waals surface area contributed by atoms with Crippen molar-refractivity contribution in [3.05, 3.63) is 28.8 Å². The highest BCUT2D eigenvalue weighted by molar-refractivity contribution is 7.89. The van der Waals surface area contributed by atoms with Gasteiger partial charge in [0.15, 0.2) is 0 Å². The van der Waals surface area contributed by atoms with E-state index in [4.69, 9.17) is 16.7 Å². The van der Waals surface area contributed by atoms with Gasteiger partial charge in [-0.2, -0.15) is 0 Å². The van der Waals surface area contributed by atoms with E-state index in [9.17, 15) is 13.2 Å². The van der Waals surface area contributed by atoms with Gasteiger partial charge in [0.2, 0.25) is 10.0 Å². The Kier molecular flexibility index (Phi) is 5.75. The number of carbonyl (C=O) groups excluding carboxylic acids is 1. The average Bonchev–Trinajstić information content (AvgIpc) is 2.33. The van der Waals surface area contributed by atoms with Crippen molar-refractivity contribution in [3.63, 3.8) is 0 Å². The molecule has 1 rings (SSSR count). The molecule has 1 aromatic rings. The van der Waals surface area contributed by atoms with Crippen molar-refractivity contribution in [2.45, 2.75) is 31.2 Å². The van der Waals surface area contributed by atoms with Crippen molar-refractivity contribution in [3.8, 4) is 0 Å². The van der Waals surface area contributed by atoms with E-state index in [0.29, 0.717) is 0 Å². The van der Waals surface area contributed by atoms with E-state index >= 15 is 0 Å². The third-order valence-electron chi connectivity index (χ3n) is 2.32. The van der Waals surface area contributed by atoms with Gasteiger partial charge in [0.05, 0.1) is 11.6 Å². The van der Waals surface area contributed by atoms with E-state index < -0.39 is 21.5 Å². The monoisotopic (exact) mass is 334 g/mol. The first-order chi connectivity index (χ1) is 9.57. The molecule has 0 bridgehead atoms.